The number of carbonyl (C=O) groups is 1. The molecular weight excluding hydrogens is 309 g/mol. The van der Waals surface area contributed by atoms with Gasteiger partial charge in [0, 0.05) is 6.54 Å². The minimum atomic E-state index is -1.62. The van der Waals surface area contributed by atoms with E-state index in [-0.39, 0.29) is 0 Å². The van der Waals surface area contributed by atoms with Gasteiger partial charge in [-0.1, -0.05) is 12.1 Å². The van der Waals surface area contributed by atoms with Crippen molar-refractivity contribution in [2.45, 2.75) is 6.42 Å². The van der Waals surface area contributed by atoms with Gasteiger partial charge in [0.2, 0.25) is 0 Å². The molecule has 0 atom stereocenters. The third-order valence-electron chi connectivity index (χ3n) is 3.14. The third-order valence-corrected chi connectivity index (χ3v) is 3.14. The van der Waals surface area contributed by atoms with E-state index in [1.807, 2.05) is 12.1 Å². The zero-order valence-electron chi connectivity index (χ0n) is 12.3. The Bertz CT molecular complexity index is 690. The van der Waals surface area contributed by atoms with Crippen molar-refractivity contribution in [2.24, 2.45) is 0 Å². The Morgan fingerprint density at radius 2 is 1.74 bits per heavy atom. The average Bonchev–Trinajstić information content (AvgIpc) is 2.56. The molecule has 2 aromatic rings. The van der Waals surface area contributed by atoms with Crippen molar-refractivity contribution in [1.82, 2.24) is 5.32 Å². The number of nitrogens with one attached hydrogen (secondary N) is 2. The van der Waals surface area contributed by atoms with E-state index in [9.17, 15) is 18.0 Å². The van der Waals surface area contributed by atoms with E-state index >= 15 is 0 Å². The van der Waals surface area contributed by atoms with Crippen LogP contribution in [0.1, 0.15) is 5.56 Å². The average molecular weight is 324 g/mol. The Kier molecular flexibility index (Phi) is 5.46. The lowest BCUT2D eigenvalue weighted by molar-refractivity contribution is 0.252. The maximum Gasteiger partial charge on any atom is 0.319 e. The molecule has 2 amide bonds. The van der Waals surface area contributed by atoms with Crippen LogP contribution in [0.4, 0.5) is 23.7 Å². The van der Waals surface area contributed by atoms with Crippen molar-refractivity contribution in [3.8, 4) is 5.75 Å². The Balaban J connectivity index is 1.84. The molecule has 4 nitrogen and oxygen atoms in total. The topological polar surface area (TPSA) is 50.4 Å². The first kappa shape index (κ1) is 16.7. The lowest BCUT2D eigenvalue weighted by atomic mass is 10.1. The predicted octanol–water partition coefficient (Wildman–Crippen LogP) is 3.48. The fourth-order valence-electron chi connectivity index (χ4n) is 1.90. The number of benzene rings is 2. The van der Waals surface area contributed by atoms with E-state index < -0.39 is 29.2 Å². The van der Waals surface area contributed by atoms with Crippen molar-refractivity contribution in [2.75, 3.05) is 19.0 Å². The number of anilines is 1. The second kappa shape index (κ2) is 7.53. The molecule has 0 saturated heterocycles. The first-order valence-electron chi connectivity index (χ1n) is 6.82. The fourth-order valence-corrected chi connectivity index (χ4v) is 1.90. The van der Waals surface area contributed by atoms with Crippen LogP contribution in [-0.2, 0) is 6.42 Å². The maximum absolute atomic E-state index is 13.4. The van der Waals surface area contributed by atoms with Crippen molar-refractivity contribution in [3.05, 3.63) is 59.4 Å². The molecule has 0 aliphatic carbocycles. The summed E-state index contributed by atoms with van der Waals surface area (Å²) in [5.41, 5.74) is 0.552. The van der Waals surface area contributed by atoms with Crippen LogP contribution in [0.15, 0.2) is 36.4 Å². The second-order valence-corrected chi connectivity index (χ2v) is 4.70. The summed E-state index contributed by atoms with van der Waals surface area (Å²) < 4.78 is 44.3. The lowest BCUT2D eigenvalue weighted by Gasteiger charge is -2.09. The van der Waals surface area contributed by atoms with Crippen LogP contribution in [0.2, 0.25) is 0 Å². The molecule has 0 aromatic heterocycles. The summed E-state index contributed by atoms with van der Waals surface area (Å²) >= 11 is 0. The highest BCUT2D eigenvalue weighted by molar-refractivity contribution is 5.89. The van der Waals surface area contributed by atoms with Gasteiger partial charge in [-0.15, -0.1) is 0 Å². The number of carbonyl (C=O) groups excluding carboxylic acids is 1. The van der Waals surface area contributed by atoms with Crippen LogP contribution in [0.5, 0.6) is 5.75 Å². The molecule has 2 N–H and O–H groups in total. The van der Waals surface area contributed by atoms with Gasteiger partial charge in [-0.2, -0.15) is 0 Å². The molecule has 23 heavy (non-hydrogen) atoms. The second-order valence-electron chi connectivity index (χ2n) is 4.70. The van der Waals surface area contributed by atoms with Gasteiger partial charge < -0.3 is 15.4 Å². The highest BCUT2D eigenvalue weighted by Gasteiger charge is 2.14. The summed E-state index contributed by atoms with van der Waals surface area (Å²) in [6, 6.07) is 8.30. The molecule has 2 aromatic carbocycles. The van der Waals surface area contributed by atoms with Gasteiger partial charge >= 0.3 is 6.03 Å². The van der Waals surface area contributed by atoms with Crippen molar-refractivity contribution in [3.63, 3.8) is 0 Å². The number of hydrogen-bond donors (Lipinski definition) is 2. The van der Waals surface area contributed by atoms with Crippen LogP contribution in [0.25, 0.3) is 0 Å². The van der Waals surface area contributed by atoms with E-state index in [2.05, 4.69) is 10.6 Å². The molecule has 0 radical (unpaired) electrons. The molecule has 0 unspecified atom stereocenters. The molecule has 0 heterocycles. The van der Waals surface area contributed by atoms with E-state index in [1.165, 1.54) is 0 Å². The summed E-state index contributed by atoms with van der Waals surface area (Å²) in [5, 5.41) is 4.64. The van der Waals surface area contributed by atoms with Crippen molar-refractivity contribution < 1.29 is 22.7 Å². The quantitative estimate of drug-likeness (QED) is 0.827. The molecule has 0 fully saturated rings. The number of amides is 2. The van der Waals surface area contributed by atoms with Crippen LogP contribution in [0, 0.1) is 17.5 Å². The van der Waals surface area contributed by atoms with E-state index in [4.69, 9.17) is 4.74 Å². The van der Waals surface area contributed by atoms with E-state index in [1.54, 1.807) is 19.2 Å². The zero-order chi connectivity index (χ0) is 16.8. The highest BCUT2D eigenvalue weighted by Crippen LogP contribution is 2.19. The van der Waals surface area contributed by atoms with Gasteiger partial charge in [-0.25, -0.2) is 18.0 Å². The molecule has 122 valence electrons. The number of hydrogen-bond acceptors (Lipinski definition) is 2. The van der Waals surface area contributed by atoms with Gasteiger partial charge in [0.25, 0.3) is 0 Å². The normalized spacial score (nSPS) is 10.3. The number of urea groups is 1. The van der Waals surface area contributed by atoms with E-state index in [0.717, 1.165) is 23.4 Å². The number of methoxy groups -OCH3 is 1. The van der Waals surface area contributed by atoms with Crippen molar-refractivity contribution in [1.29, 1.82) is 0 Å². The first-order chi connectivity index (χ1) is 11.0. The Labute approximate surface area is 131 Å². The van der Waals surface area contributed by atoms with Crippen molar-refractivity contribution >= 4 is 11.7 Å². The lowest BCUT2D eigenvalue weighted by Crippen LogP contribution is -2.30. The zero-order valence-corrected chi connectivity index (χ0v) is 12.3. The Hall–Kier alpha value is -2.70. The minimum absolute atomic E-state index is 0.295. The largest absolute Gasteiger partial charge is 0.497 e. The first-order valence-corrected chi connectivity index (χ1v) is 6.82. The van der Waals surface area contributed by atoms with Crippen LogP contribution < -0.4 is 15.4 Å². The minimum Gasteiger partial charge on any atom is -0.497 e. The third kappa shape index (κ3) is 4.38. The van der Waals surface area contributed by atoms with Gasteiger partial charge in [0.15, 0.2) is 17.5 Å². The van der Waals surface area contributed by atoms with Gasteiger partial charge in [-0.05, 0) is 36.2 Å². The number of halogens is 3. The molecule has 0 aliphatic rings. The Morgan fingerprint density at radius 3 is 2.39 bits per heavy atom. The number of ether oxygens (including phenoxy) is 1. The van der Waals surface area contributed by atoms with Gasteiger partial charge in [-0.3, -0.25) is 0 Å². The molecule has 2 rings (SSSR count). The van der Waals surface area contributed by atoms with Gasteiger partial charge in [0.05, 0.1) is 12.8 Å². The monoisotopic (exact) mass is 324 g/mol. The highest BCUT2D eigenvalue weighted by atomic mass is 19.2. The van der Waals surface area contributed by atoms with Crippen LogP contribution in [0.3, 0.4) is 0 Å². The molecular formula is C16H15F3N2O2. The summed E-state index contributed by atoms with van der Waals surface area (Å²) in [6.45, 7) is 0.295. The number of rotatable bonds is 5. The van der Waals surface area contributed by atoms with Crippen LogP contribution in [-0.4, -0.2) is 19.7 Å². The standard InChI is InChI=1S/C16H15F3N2O2/c1-23-11-4-2-10(3-5-11)8-9-20-16(22)21-13-7-6-12(17)14(18)15(13)19/h2-7H,8-9H2,1H3,(H2,20,21,22). The summed E-state index contributed by atoms with van der Waals surface area (Å²) in [6.07, 6.45) is 0.553. The molecule has 0 aliphatic heterocycles. The maximum atomic E-state index is 13.4. The van der Waals surface area contributed by atoms with E-state index in [0.29, 0.717) is 13.0 Å². The summed E-state index contributed by atoms with van der Waals surface area (Å²) in [7, 11) is 1.57. The molecule has 0 saturated carbocycles. The fraction of sp³-hybridized carbons (Fsp3) is 0.188. The molecule has 7 heteroatoms. The smallest absolute Gasteiger partial charge is 0.319 e. The van der Waals surface area contributed by atoms with Crippen LogP contribution >= 0.6 is 0 Å². The predicted molar refractivity (Wildman–Crippen MR) is 80.0 cm³/mol. The van der Waals surface area contributed by atoms with Gasteiger partial charge in [0.1, 0.15) is 5.75 Å². The molecule has 0 spiro atoms. The SMILES string of the molecule is COc1ccc(CCNC(=O)Nc2ccc(F)c(F)c2F)cc1. The summed E-state index contributed by atoms with van der Waals surface area (Å²) in [5.74, 6) is -3.64. The molecule has 0 bridgehead atoms. The summed E-state index contributed by atoms with van der Waals surface area (Å²) in [4.78, 5) is 11.6. The Morgan fingerprint density at radius 1 is 1.04 bits per heavy atom.